The molecule has 0 amide bonds. The smallest absolute Gasteiger partial charge is 0.224 e. The Hall–Kier alpha value is -2.80. The van der Waals surface area contributed by atoms with Gasteiger partial charge in [0.1, 0.15) is 11.3 Å². The number of thiophene rings is 1. The van der Waals surface area contributed by atoms with Gasteiger partial charge in [-0.1, -0.05) is 6.07 Å². The van der Waals surface area contributed by atoms with E-state index in [2.05, 4.69) is 37.4 Å². The number of fused-ring (bicyclic) bond motifs is 1. The zero-order chi connectivity index (χ0) is 17.3. The van der Waals surface area contributed by atoms with Crippen LogP contribution in [0.15, 0.2) is 48.2 Å². The quantitative estimate of drug-likeness (QED) is 0.563. The number of aromatic nitrogens is 5. The van der Waals surface area contributed by atoms with Crippen molar-refractivity contribution in [2.24, 2.45) is 0 Å². The van der Waals surface area contributed by atoms with Gasteiger partial charge in [0, 0.05) is 35.4 Å². The lowest BCUT2D eigenvalue weighted by molar-refractivity contribution is 0.765. The van der Waals surface area contributed by atoms with Gasteiger partial charge in [-0.15, -0.1) is 11.3 Å². The monoisotopic (exact) mass is 362 g/mol. The highest BCUT2D eigenvalue weighted by atomic mass is 32.1. The first kappa shape index (κ1) is 15.5. The van der Waals surface area contributed by atoms with Crippen LogP contribution in [0.2, 0.25) is 0 Å². The predicted octanol–water partition coefficient (Wildman–Crippen LogP) is 3.94. The summed E-state index contributed by atoms with van der Waals surface area (Å²) in [6.07, 6.45) is 8.75. The first-order valence-electron chi connectivity index (χ1n) is 8.80. The van der Waals surface area contributed by atoms with Crippen LogP contribution in [0.25, 0.3) is 22.6 Å². The largest absolute Gasteiger partial charge is 0.354 e. The molecular weight excluding hydrogens is 344 g/mol. The second-order valence-corrected chi connectivity index (χ2v) is 7.46. The molecule has 4 aromatic rings. The number of hydrogen-bond acceptors (Lipinski definition) is 6. The second kappa shape index (κ2) is 6.49. The van der Waals surface area contributed by atoms with Crippen molar-refractivity contribution in [3.63, 3.8) is 0 Å². The first-order valence-corrected chi connectivity index (χ1v) is 9.68. The number of nitrogens with zero attached hydrogens (tertiary/aromatic N) is 5. The van der Waals surface area contributed by atoms with Crippen LogP contribution in [0, 0.1) is 0 Å². The highest BCUT2D eigenvalue weighted by Crippen LogP contribution is 2.40. The molecule has 6 nitrogen and oxygen atoms in total. The Balaban J connectivity index is 1.46. The number of imidazole rings is 1. The lowest BCUT2D eigenvalue weighted by Crippen LogP contribution is -2.08. The van der Waals surface area contributed by atoms with Crippen molar-refractivity contribution in [3.8, 4) is 11.4 Å². The molecule has 0 spiro atoms. The van der Waals surface area contributed by atoms with Crippen LogP contribution in [0.1, 0.15) is 23.8 Å². The fourth-order valence-electron chi connectivity index (χ4n) is 3.11. The van der Waals surface area contributed by atoms with Gasteiger partial charge in [-0.2, -0.15) is 4.98 Å². The van der Waals surface area contributed by atoms with Crippen LogP contribution < -0.4 is 5.32 Å². The molecule has 0 unspecified atom stereocenters. The molecule has 26 heavy (non-hydrogen) atoms. The van der Waals surface area contributed by atoms with Gasteiger partial charge in [0.2, 0.25) is 5.95 Å². The summed E-state index contributed by atoms with van der Waals surface area (Å²) >= 11 is 1.78. The van der Waals surface area contributed by atoms with Crippen molar-refractivity contribution in [2.45, 2.75) is 25.3 Å². The van der Waals surface area contributed by atoms with Crippen molar-refractivity contribution >= 4 is 28.4 Å². The third-order valence-corrected chi connectivity index (χ3v) is 5.45. The molecule has 4 aromatic heterocycles. The van der Waals surface area contributed by atoms with E-state index in [0.717, 1.165) is 35.5 Å². The highest BCUT2D eigenvalue weighted by Gasteiger charge is 2.29. The summed E-state index contributed by atoms with van der Waals surface area (Å²) in [6.45, 7) is 0.820. The number of nitrogens with one attached hydrogen (secondary N) is 1. The fourth-order valence-corrected chi connectivity index (χ4v) is 3.82. The Morgan fingerprint density at radius 1 is 1.15 bits per heavy atom. The standard InChI is InChI=1S/C19H18N6S/c1-2-15(26-11-1)7-10-21-19-22-12-16-18(24-19)25(14-3-4-14)17(23-16)13-5-8-20-9-6-13/h1-2,5-6,8-9,11-12,14H,3-4,7,10H2,(H,21,22,24). The summed E-state index contributed by atoms with van der Waals surface area (Å²) < 4.78 is 2.26. The summed E-state index contributed by atoms with van der Waals surface area (Å²) in [5, 5.41) is 5.45. The van der Waals surface area contributed by atoms with Crippen molar-refractivity contribution in [3.05, 3.63) is 53.1 Å². The third kappa shape index (κ3) is 2.94. The maximum Gasteiger partial charge on any atom is 0.224 e. The van der Waals surface area contributed by atoms with Crippen molar-refractivity contribution in [2.75, 3.05) is 11.9 Å². The Labute approximate surface area is 155 Å². The summed E-state index contributed by atoms with van der Waals surface area (Å²) in [5.74, 6) is 1.62. The van der Waals surface area contributed by atoms with E-state index in [1.807, 2.05) is 18.3 Å². The molecule has 130 valence electrons. The second-order valence-electron chi connectivity index (χ2n) is 6.43. The molecule has 0 aromatic carbocycles. The summed E-state index contributed by atoms with van der Waals surface area (Å²) in [5.41, 5.74) is 2.82. The Kier molecular flexibility index (Phi) is 3.86. The molecule has 0 radical (unpaired) electrons. The molecule has 5 rings (SSSR count). The van der Waals surface area contributed by atoms with Crippen molar-refractivity contribution in [1.82, 2.24) is 24.5 Å². The van der Waals surface area contributed by atoms with Crippen LogP contribution in [0.5, 0.6) is 0 Å². The number of anilines is 1. The maximum absolute atomic E-state index is 4.79. The number of pyridine rings is 1. The van der Waals surface area contributed by atoms with E-state index in [1.165, 1.54) is 17.7 Å². The van der Waals surface area contributed by atoms with Crippen molar-refractivity contribution in [1.29, 1.82) is 0 Å². The molecule has 7 heteroatoms. The van der Waals surface area contributed by atoms with Crippen LogP contribution in [-0.4, -0.2) is 31.0 Å². The first-order chi connectivity index (χ1) is 12.9. The van der Waals surface area contributed by atoms with Crippen LogP contribution in [-0.2, 0) is 6.42 Å². The maximum atomic E-state index is 4.79. The molecule has 0 bridgehead atoms. The molecular formula is C19H18N6S. The topological polar surface area (TPSA) is 68.5 Å². The lowest BCUT2D eigenvalue weighted by atomic mass is 10.2. The zero-order valence-electron chi connectivity index (χ0n) is 14.2. The molecule has 1 aliphatic rings. The average Bonchev–Trinajstić information content (AvgIpc) is 3.24. The molecule has 0 atom stereocenters. The normalized spacial score (nSPS) is 14.0. The van der Waals surface area contributed by atoms with E-state index in [-0.39, 0.29) is 0 Å². The molecule has 1 N–H and O–H groups in total. The number of rotatable bonds is 6. The summed E-state index contributed by atoms with van der Waals surface area (Å²) in [4.78, 5) is 19.5. The van der Waals surface area contributed by atoms with E-state index < -0.39 is 0 Å². The lowest BCUT2D eigenvalue weighted by Gasteiger charge is -2.08. The predicted molar refractivity (Wildman–Crippen MR) is 103 cm³/mol. The minimum absolute atomic E-state index is 0.483. The Morgan fingerprint density at radius 2 is 2.04 bits per heavy atom. The molecule has 4 heterocycles. The van der Waals surface area contributed by atoms with Gasteiger partial charge < -0.3 is 9.88 Å². The van der Waals surface area contributed by atoms with E-state index >= 15 is 0 Å². The van der Waals surface area contributed by atoms with E-state index in [4.69, 9.17) is 9.97 Å². The fraction of sp³-hybridized carbons (Fsp3) is 0.263. The van der Waals surface area contributed by atoms with Gasteiger partial charge in [-0.05, 0) is 42.8 Å². The van der Waals surface area contributed by atoms with Gasteiger partial charge >= 0.3 is 0 Å². The Morgan fingerprint density at radius 3 is 2.81 bits per heavy atom. The van der Waals surface area contributed by atoms with Gasteiger partial charge in [-0.25, -0.2) is 9.97 Å². The van der Waals surface area contributed by atoms with Gasteiger partial charge in [0.15, 0.2) is 5.65 Å². The SMILES string of the molecule is c1csc(CCNc2ncc3nc(-c4ccncc4)n(C4CC4)c3n2)c1. The van der Waals surface area contributed by atoms with Crippen LogP contribution >= 0.6 is 11.3 Å². The molecule has 0 saturated heterocycles. The Bertz CT molecular complexity index is 1020. The van der Waals surface area contributed by atoms with Crippen LogP contribution in [0.3, 0.4) is 0 Å². The molecule has 1 fully saturated rings. The zero-order valence-corrected chi connectivity index (χ0v) is 15.0. The summed E-state index contributed by atoms with van der Waals surface area (Å²) in [6, 6.07) is 8.70. The average molecular weight is 362 g/mol. The van der Waals surface area contributed by atoms with Gasteiger partial charge in [0.05, 0.1) is 6.20 Å². The third-order valence-electron chi connectivity index (χ3n) is 4.52. The van der Waals surface area contributed by atoms with Gasteiger partial charge in [-0.3, -0.25) is 4.98 Å². The molecule has 1 saturated carbocycles. The van der Waals surface area contributed by atoms with E-state index in [9.17, 15) is 0 Å². The minimum atomic E-state index is 0.483. The minimum Gasteiger partial charge on any atom is -0.354 e. The summed E-state index contributed by atoms with van der Waals surface area (Å²) in [7, 11) is 0. The molecule has 1 aliphatic carbocycles. The molecule has 0 aliphatic heterocycles. The van der Waals surface area contributed by atoms with Crippen LogP contribution in [0.4, 0.5) is 5.95 Å². The van der Waals surface area contributed by atoms with Crippen molar-refractivity contribution < 1.29 is 0 Å². The highest BCUT2D eigenvalue weighted by molar-refractivity contribution is 7.09. The van der Waals surface area contributed by atoms with E-state index in [0.29, 0.717) is 12.0 Å². The van der Waals surface area contributed by atoms with E-state index in [1.54, 1.807) is 23.7 Å². The van der Waals surface area contributed by atoms with Gasteiger partial charge in [0.25, 0.3) is 0 Å². The number of hydrogen-bond donors (Lipinski definition) is 1.